The van der Waals surface area contributed by atoms with Crippen molar-refractivity contribution in [2.45, 2.75) is 17.7 Å². The lowest BCUT2D eigenvalue weighted by Gasteiger charge is -2.12. The molecule has 0 bridgehead atoms. The van der Waals surface area contributed by atoms with E-state index in [4.69, 9.17) is 4.74 Å². The topological polar surface area (TPSA) is 91.8 Å². The molecule has 1 aromatic carbocycles. The second kappa shape index (κ2) is 12.2. The molecular formula is C17H25IN4O3S2. The second-order valence-electron chi connectivity index (χ2n) is 5.26. The fraction of sp³-hybridized carbons (Fsp3) is 0.353. The van der Waals surface area contributed by atoms with Crippen LogP contribution in [0.2, 0.25) is 0 Å². The van der Waals surface area contributed by atoms with Crippen molar-refractivity contribution in [3.05, 3.63) is 47.3 Å². The van der Waals surface area contributed by atoms with Gasteiger partial charge in [0, 0.05) is 25.2 Å². The number of sulfonamides is 1. The van der Waals surface area contributed by atoms with Crippen molar-refractivity contribution in [3.63, 3.8) is 0 Å². The van der Waals surface area contributed by atoms with Gasteiger partial charge >= 0.3 is 0 Å². The molecule has 0 atom stereocenters. The Morgan fingerprint density at radius 1 is 1.15 bits per heavy atom. The molecule has 10 heteroatoms. The molecule has 0 aliphatic heterocycles. The van der Waals surface area contributed by atoms with Gasteiger partial charge < -0.3 is 15.4 Å². The quantitative estimate of drug-likeness (QED) is 0.203. The Morgan fingerprint density at radius 2 is 1.93 bits per heavy atom. The van der Waals surface area contributed by atoms with E-state index in [0.29, 0.717) is 29.8 Å². The Hall–Kier alpha value is -1.37. The van der Waals surface area contributed by atoms with Crippen LogP contribution in [0.3, 0.4) is 0 Å². The third-order valence-electron chi connectivity index (χ3n) is 3.41. The molecule has 0 fully saturated rings. The molecular weight excluding hydrogens is 499 g/mol. The minimum atomic E-state index is -3.44. The number of hydrogen-bond donors (Lipinski definition) is 3. The number of aliphatic imine (C=N–C) groups is 1. The molecule has 3 N–H and O–H groups in total. The highest BCUT2D eigenvalue weighted by Crippen LogP contribution is 2.18. The molecule has 1 aromatic heterocycles. The van der Waals surface area contributed by atoms with Gasteiger partial charge in [-0.3, -0.25) is 0 Å². The standard InChI is InChI=1S/C17H24N4O3S2.HI/c1-3-18-17(20-13-14-7-4-5-8-15(14)24-2)19-10-11-21-26(22,23)16-9-6-12-25-16;/h4-9,12,21H,3,10-11,13H2,1-2H3,(H2,18,19,20);1H. The first-order valence-electron chi connectivity index (χ1n) is 8.24. The summed E-state index contributed by atoms with van der Waals surface area (Å²) in [7, 11) is -1.81. The van der Waals surface area contributed by atoms with E-state index in [1.54, 1.807) is 24.6 Å². The number of halogens is 1. The van der Waals surface area contributed by atoms with E-state index in [-0.39, 0.29) is 30.5 Å². The number of benzene rings is 1. The Labute approximate surface area is 181 Å². The smallest absolute Gasteiger partial charge is 0.250 e. The van der Waals surface area contributed by atoms with Gasteiger partial charge in [-0.1, -0.05) is 24.3 Å². The normalized spacial score (nSPS) is 11.6. The summed E-state index contributed by atoms with van der Waals surface area (Å²) in [4.78, 5) is 4.52. The number of nitrogens with zero attached hydrogens (tertiary/aromatic N) is 1. The van der Waals surface area contributed by atoms with Crippen LogP contribution < -0.4 is 20.1 Å². The van der Waals surface area contributed by atoms with Gasteiger partial charge in [0.2, 0.25) is 10.0 Å². The number of rotatable bonds is 9. The fourth-order valence-corrected chi connectivity index (χ4v) is 4.26. The lowest BCUT2D eigenvalue weighted by molar-refractivity contribution is 0.410. The van der Waals surface area contributed by atoms with Gasteiger partial charge in [-0.05, 0) is 24.4 Å². The van der Waals surface area contributed by atoms with Gasteiger partial charge in [0.15, 0.2) is 5.96 Å². The molecule has 0 saturated heterocycles. The minimum Gasteiger partial charge on any atom is -0.496 e. The highest BCUT2D eigenvalue weighted by Gasteiger charge is 2.13. The summed E-state index contributed by atoms with van der Waals surface area (Å²) in [5.74, 6) is 1.41. The first kappa shape index (κ1) is 23.7. The summed E-state index contributed by atoms with van der Waals surface area (Å²) in [6.07, 6.45) is 0. The van der Waals surface area contributed by atoms with E-state index in [1.165, 1.54) is 11.3 Å². The van der Waals surface area contributed by atoms with Crippen LogP contribution in [0.5, 0.6) is 5.75 Å². The summed E-state index contributed by atoms with van der Waals surface area (Å²) in [5, 5.41) is 8.00. The Kier molecular flexibility index (Phi) is 10.7. The Morgan fingerprint density at radius 3 is 2.59 bits per heavy atom. The molecule has 0 aliphatic rings. The predicted octanol–water partition coefficient (Wildman–Crippen LogP) is 2.41. The maximum Gasteiger partial charge on any atom is 0.250 e. The second-order valence-corrected chi connectivity index (χ2v) is 8.21. The molecule has 2 aromatic rings. The maximum absolute atomic E-state index is 12.1. The number of nitrogens with one attached hydrogen (secondary N) is 3. The van der Waals surface area contributed by atoms with Gasteiger partial charge in [-0.25, -0.2) is 18.1 Å². The lowest BCUT2D eigenvalue weighted by Crippen LogP contribution is -2.41. The summed E-state index contributed by atoms with van der Waals surface area (Å²) < 4.78 is 32.3. The number of ether oxygens (including phenoxy) is 1. The molecule has 0 saturated carbocycles. The molecule has 0 unspecified atom stereocenters. The third-order valence-corrected chi connectivity index (χ3v) is 6.27. The number of guanidine groups is 1. The zero-order chi connectivity index (χ0) is 18.8. The van der Waals surface area contributed by atoms with Gasteiger partial charge in [-0.15, -0.1) is 35.3 Å². The van der Waals surface area contributed by atoms with Gasteiger partial charge in [0.1, 0.15) is 9.96 Å². The number of thiophene rings is 1. The SMILES string of the molecule is CCNC(=NCc1ccccc1OC)NCCNS(=O)(=O)c1cccs1.I. The van der Waals surface area contributed by atoms with Crippen LogP contribution in [0, 0.1) is 0 Å². The minimum absolute atomic E-state index is 0. The van der Waals surface area contributed by atoms with Crippen LogP contribution in [0.25, 0.3) is 0 Å². The first-order chi connectivity index (χ1) is 12.6. The van der Waals surface area contributed by atoms with Crippen LogP contribution in [-0.2, 0) is 16.6 Å². The van der Waals surface area contributed by atoms with Crippen molar-refractivity contribution in [1.29, 1.82) is 0 Å². The van der Waals surface area contributed by atoms with Gasteiger partial charge in [0.05, 0.1) is 13.7 Å². The van der Waals surface area contributed by atoms with Crippen molar-refractivity contribution < 1.29 is 13.2 Å². The molecule has 0 amide bonds. The maximum atomic E-state index is 12.1. The van der Waals surface area contributed by atoms with E-state index in [1.807, 2.05) is 31.2 Å². The van der Waals surface area contributed by atoms with Crippen LogP contribution in [0.1, 0.15) is 12.5 Å². The average Bonchev–Trinajstić information content (AvgIpc) is 3.19. The fourth-order valence-electron chi connectivity index (χ4n) is 2.19. The zero-order valence-electron chi connectivity index (χ0n) is 15.3. The molecule has 150 valence electrons. The van der Waals surface area contributed by atoms with Crippen molar-refractivity contribution >= 4 is 51.3 Å². The number of hydrogen-bond acceptors (Lipinski definition) is 5. The monoisotopic (exact) mass is 524 g/mol. The summed E-state index contributed by atoms with van der Waals surface area (Å²) in [6.45, 7) is 3.82. The predicted molar refractivity (Wildman–Crippen MR) is 121 cm³/mol. The lowest BCUT2D eigenvalue weighted by atomic mass is 10.2. The van der Waals surface area contributed by atoms with Crippen molar-refractivity contribution in [2.24, 2.45) is 4.99 Å². The van der Waals surface area contributed by atoms with Crippen molar-refractivity contribution in [1.82, 2.24) is 15.4 Å². The summed E-state index contributed by atoms with van der Waals surface area (Å²) in [5.41, 5.74) is 0.977. The van der Waals surface area contributed by atoms with Crippen molar-refractivity contribution in [3.8, 4) is 5.75 Å². The molecule has 27 heavy (non-hydrogen) atoms. The Bertz CT molecular complexity index is 811. The van der Waals surface area contributed by atoms with Gasteiger partial charge in [0.25, 0.3) is 0 Å². The summed E-state index contributed by atoms with van der Waals surface area (Å²) in [6, 6.07) is 11.0. The molecule has 2 rings (SSSR count). The van der Waals surface area contributed by atoms with Crippen LogP contribution in [0.15, 0.2) is 51.0 Å². The highest BCUT2D eigenvalue weighted by atomic mass is 127. The average molecular weight is 524 g/mol. The zero-order valence-corrected chi connectivity index (χ0v) is 19.2. The number of para-hydroxylation sites is 1. The van der Waals surface area contributed by atoms with E-state index >= 15 is 0 Å². The van der Waals surface area contributed by atoms with E-state index in [2.05, 4.69) is 20.3 Å². The molecule has 0 aliphatic carbocycles. The van der Waals surface area contributed by atoms with E-state index in [0.717, 1.165) is 11.3 Å². The molecule has 7 nitrogen and oxygen atoms in total. The Balaban J connectivity index is 0.00000364. The molecule has 0 radical (unpaired) electrons. The van der Waals surface area contributed by atoms with E-state index in [9.17, 15) is 8.42 Å². The number of methoxy groups -OCH3 is 1. The van der Waals surface area contributed by atoms with Crippen molar-refractivity contribution in [2.75, 3.05) is 26.7 Å². The van der Waals surface area contributed by atoms with Gasteiger partial charge in [-0.2, -0.15) is 0 Å². The highest BCUT2D eigenvalue weighted by molar-refractivity contribution is 14.0. The third kappa shape index (κ3) is 7.64. The molecule has 0 spiro atoms. The van der Waals surface area contributed by atoms with E-state index < -0.39 is 10.0 Å². The van der Waals surface area contributed by atoms with Crippen LogP contribution in [-0.4, -0.2) is 41.1 Å². The van der Waals surface area contributed by atoms with Crippen LogP contribution >= 0.6 is 35.3 Å². The molecule has 1 heterocycles. The summed E-state index contributed by atoms with van der Waals surface area (Å²) >= 11 is 1.19. The largest absolute Gasteiger partial charge is 0.496 e. The first-order valence-corrected chi connectivity index (χ1v) is 10.6. The van der Waals surface area contributed by atoms with Crippen LogP contribution in [0.4, 0.5) is 0 Å².